The van der Waals surface area contributed by atoms with Crippen LogP contribution in [0.3, 0.4) is 0 Å². The van der Waals surface area contributed by atoms with Crippen LogP contribution in [0.25, 0.3) is 16.9 Å². The van der Waals surface area contributed by atoms with Crippen LogP contribution >= 0.6 is 0 Å². The van der Waals surface area contributed by atoms with E-state index in [2.05, 4.69) is 17.6 Å². The second-order valence-electron chi connectivity index (χ2n) is 7.78. The number of hydrogen-bond acceptors (Lipinski definition) is 4. The van der Waals surface area contributed by atoms with E-state index in [-0.39, 0.29) is 30.7 Å². The molecule has 7 nitrogen and oxygen atoms in total. The monoisotopic (exact) mass is 454 g/mol. The third-order valence-corrected chi connectivity index (χ3v) is 5.44. The van der Waals surface area contributed by atoms with Gasteiger partial charge in [-0.3, -0.25) is 9.59 Å². The molecule has 0 saturated carbocycles. The summed E-state index contributed by atoms with van der Waals surface area (Å²) in [7, 11) is 0. The number of nitrogens with zero attached hydrogens (tertiary/aromatic N) is 2. The van der Waals surface area contributed by atoms with Crippen LogP contribution < -0.4 is 10.6 Å². The molecule has 0 atom stereocenters. The van der Waals surface area contributed by atoms with Crippen LogP contribution in [0, 0.1) is 0 Å². The molecule has 1 aromatic heterocycles. The number of benzene rings is 3. The van der Waals surface area contributed by atoms with Gasteiger partial charge in [-0.25, -0.2) is 4.68 Å². The highest BCUT2D eigenvalue weighted by molar-refractivity contribution is 6.00. The average Bonchev–Trinajstić information content (AvgIpc) is 3.33. The van der Waals surface area contributed by atoms with E-state index < -0.39 is 0 Å². The zero-order valence-corrected chi connectivity index (χ0v) is 18.9. The highest BCUT2D eigenvalue weighted by Crippen LogP contribution is 2.24. The molecule has 7 heteroatoms. The lowest BCUT2D eigenvalue weighted by atomic mass is 10.0. The summed E-state index contributed by atoms with van der Waals surface area (Å²) in [6, 6.07) is 23.6. The van der Waals surface area contributed by atoms with E-state index in [1.165, 1.54) is 29.8 Å². The Morgan fingerprint density at radius 1 is 0.853 bits per heavy atom. The molecule has 1 heterocycles. The van der Waals surface area contributed by atoms with Crippen LogP contribution in [0.15, 0.2) is 85.1 Å². The number of nitrogens with one attached hydrogen (secondary N) is 2. The van der Waals surface area contributed by atoms with E-state index in [0.717, 1.165) is 17.7 Å². The van der Waals surface area contributed by atoms with Crippen LogP contribution in [0.1, 0.15) is 33.2 Å². The van der Waals surface area contributed by atoms with Crippen molar-refractivity contribution in [2.45, 2.75) is 13.3 Å². The molecule has 0 bridgehead atoms. The quantitative estimate of drug-likeness (QED) is 0.351. The Morgan fingerprint density at radius 2 is 1.50 bits per heavy atom. The van der Waals surface area contributed by atoms with Crippen molar-refractivity contribution < 1.29 is 14.7 Å². The first-order valence-corrected chi connectivity index (χ1v) is 11.1. The van der Waals surface area contributed by atoms with Gasteiger partial charge in [-0.15, -0.1) is 0 Å². The van der Waals surface area contributed by atoms with Gasteiger partial charge in [-0.1, -0.05) is 49.4 Å². The van der Waals surface area contributed by atoms with Crippen LogP contribution in [-0.4, -0.2) is 39.8 Å². The number of phenols is 1. The van der Waals surface area contributed by atoms with Crippen molar-refractivity contribution in [1.82, 2.24) is 20.4 Å². The summed E-state index contributed by atoms with van der Waals surface area (Å²) >= 11 is 0. The Kier molecular flexibility index (Phi) is 7.03. The second-order valence-corrected chi connectivity index (χ2v) is 7.78. The summed E-state index contributed by atoms with van der Waals surface area (Å²) in [6.07, 6.45) is 2.66. The zero-order chi connectivity index (χ0) is 23.9. The number of carbonyl (C=O) groups is 2. The van der Waals surface area contributed by atoms with Gasteiger partial charge < -0.3 is 15.7 Å². The summed E-state index contributed by atoms with van der Waals surface area (Å²) in [5.74, 6) is -0.446. The first kappa shape index (κ1) is 22.8. The van der Waals surface area contributed by atoms with E-state index in [1.54, 1.807) is 10.9 Å². The normalized spacial score (nSPS) is 10.6. The molecule has 4 rings (SSSR count). The highest BCUT2D eigenvalue weighted by Gasteiger charge is 2.18. The van der Waals surface area contributed by atoms with Gasteiger partial charge in [0.25, 0.3) is 11.8 Å². The minimum atomic E-state index is -0.275. The van der Waals surface area contributed by atoms with Gasteiger partial charge >= 0.3 is 0 Å². The molecule has 0 aliphatic carbocycles. The number of aromatic nitrogens is 2. The van der Waals surface area contributed by atoms with Gasteiger partial charge in [0, 0.05) is 30.4 Å². The average molecular weight is 455 g/mol. The van der Waals surface area contributed by atoms with Crippen LogP contribution in [0.4, 0.5) is 0 Å². The minimum Gasteiger partial charge on any atom is -0.508 e. The fourth-order valence-corrected chi connectivity index (χ4v) is 3.53. The molecule has 0 aliphatic rings. The van der Waals surface area contributed by atoms with Crippen molar-refractivity contribution in [3.8, 4) is 22.7 Å². The first-order valence-electron chi connectivity index (χ1n) is 11.1. The molecular weight excluding hydrogens is 428 g/mol. The van der Waals surface area contributed by atoms with Crippen molar-refractivity contribution in [2.24, 2.45) is 0 Å². The van der Waals surface area contributed by atoms with Gasteiger partial charge in [-0.05, 0) is 48.4 Å². The number of amides is 2. The molecule has 172 valence electrons. The number of aromatic hydroxyl groups is 1. The van der Waals surface area contributed by atoms with Crippen molar-refractivity contribution in [1.29, 1.82) is 0 Å². The zero-order valence-electron chi connectivity index (χ0n) is 18.9. The predicted octanol–water partition coefficient (Wildman–Crippen LogP) is 3.97. The van der Waals surface area contributed by atoms with E-state index in [4.69, 9.17) is 5.10 Å². The Morgan fingerprint density at radius 3 is 2.15 bits per heavy atom. The first-order chi connectivity index (χ1) is 16.5. The third-order valence-electron chi connectivity index (χ3n) is 5.44. The standard InChI is InChI=1S/C27H26N4O3/c1-2-19-8-10-20(11-9-19)25-24(18-31(30-25)22-6-4-3-5-7-22)27(34)29-17-16-28-26(33)21-12-14-23(32)15-13-21/h3-15,18,32H,2,16-17H2,1H3,(H,28,33)(H,29,34). The van der Waals surface area contributed by atoms with Crippen molar-refractivity contribution in [3.05, 3.63) is 102 Å². The highest BCUT2D eigenvalue weighted by atomic mass is 16.3. The summed E-state index contributed by atoms with van der Waals surface area (Å²) in [5.41, 5.74) is 4.41. The summed E-state index contributed by atoms with van der Waals surface area (Å²) in [6.45, 7) is 2.62. The lowest BCUT2D eigenvalue weighted by molar-refractivity contribution is 0.0928. The minimum absolute atomic E-state index is 0.0972. The molecule has 0 aliphatic heterocycles. The number of phenolic OH excluding ortho intramolecular Hbond substituents is 1. The number of para-hydroxylation sites is 1. The number of rotatable bonds is 8. The summed E-state index contributed by atoms with van der Waals surface area (Å²) < 4.78 is 1.70. The van der Waals surface area contributed by atoms with Gasteiger partial charge in [0.2, 0.25) is 0 Å². The molecule has 0 saturated heterocycles. The Bertz CT molecular complexity index is 1260. The largest absolute Gasteiger partial charge is 0.508 e. The molecule has 3 N–H and O–H groups in total. The molecule has 34 heavy (non-hydrogen) atoms. The van der Waals surface area contributed by atoms with Gasteiger partial charge in [0.15, 0.2) is 0 Å². The fourth-order valence-electron chi connectivity index (χ4n) is 3.53. The number of hydrogen-bond donors (Lipinski definition) is 3. The van der Waals surface area contributed by atoms with Crippen LogP contribution in [0.5, 0.6) is 5.75 Å². The lowest BCUT2D eigenvalue weighted by Crippen LogP contribution is -2.34. The molecule has 3 aromatic carbocycles. The Hall–Kier alpha value is -4.39. The van der Waals surface area contributed by atoms with Gasteiger partial charge in [0.1, 0.15) is 11.4 Å². The maximum absolute atomic E-state index is 13.1. The van der Waals surface area contributed by atoms with Crippen LogP contribution in [0.2, 0.25) is 0 Å². The molecule has 2 amide bonds. The smallest absolute Gasteiger partial charge is 0.255 e. The van der Waals surface area contributed by atoms with Crippen molar-refractivity contribution in [3.63, 3.8) is 0 Å². The van der Waals surface area contributed by atoms with E-state index in [9.17, 15) is 14.7 Å². The number of carbonyl (C=O) groups excluding carboxylic acids is 2. The predicted molar refractivity (Wildman–Crippen MR) is 131 cm³/mol. The van der Waals surface area contributed by atoms with Crippen molar-refractivity contribution in [2.75, 3.05) is 13.1 Å². The lowest BCUT2D eigenvalue weighted by Gasteiger charge is -2.08. The molecule has 4 aromatic rings. The Labute approximate surface area is 198 Å². The van der Waals surface area contributed by atoms with E-state index in [1.807, 2.05) is 54.6 Å². The SMILES string of the molecule is CCc1ccc(-c2nn(-c3ccccc3)cc2C(=O)NCCNC(=O)c2ccc(O)cc2)cc1. The number of aryl methyl sites for hydroxylation is 1. The fraction of sp³-hybridized carbons (Fsp3) is 0.148. The molecule has 0 fully saturated rings. The Balaban J connectivity index is 1.47. The van der Waals surface area contributed by atoms with Crippen molar-refractivity contribution >= 4 is 11.8 Å². The van der Waals surface area contributed by atoms with E-state index >= 15 is 0 Å². The maximum atomic E-state index is 13.1. The molecule has 0 spiro atoms. The van der Waals surface area contributed by atoms with Gasteiger partial charge in [0.05, 0.1) is 11.3 Å². The van der Waals surface area contributed by atoms with Crippen LogP contribution in [-0.2, 0) is 6.42 Å². The maximum Gasteiger partial charge on any atom is 0.255 e. The van der Waals surface area contributed by atoms with E-state index in [0.29, 0.717) is 16.8 Å². The topological polar surface area (TPSA) is 96.3 Å². The molecule has 0 radical (unpaired) electrons. The second kappa shape index (κ2) is 10.5. The third kappa shape index (κ3) is 5.32. The summed E-state index contributed by atoms with van der Waals surface area (Å²) in [4.78, 5) is 25.3. The molecule has 0 unspecified atom stereocenters. The summed E-state index contributed by atoms with van der Waals surface area (Å²) in [5, 5.41) is 19.7. The molecular formula is C27H26N4O3. The van der Waals surface area contributed by atoms with Gasteiger partial charge in [-0.2, -0.15) is 5.10 Å².